The number of ether oxygens (including phenoxy) is 1. The first-order valence-corrected chi connectivity index (χ1v) is 7.85. The summed E-state index contributed by atoms with van der Waals surface area (Å²) in [6.45, 7) is 9.55. The molecular formula is C15H22F3NOS. The molecule has 1 fully saturated rings. The lowest BCUT2D eigenvalue weighted by molar-refractivity contribution is -0.0327. The molecule has 1 aliphatic heterocycles. The van der Waals surface area contributed by atoms with Crippen LogP contribution in [0, 0.1) is 0 Å². The summed E-state index contributed by atoms with van der Waals surface area (Å²) in [6, 6.07) is 0. The third-order valence-electron chi connectivity index (χ3n) is 3.18. The largest absolute Gasteiger partial charge is 0.491 e. The molecule has 0 atom stereocenters. The maximum Gasteiger partial charge on any atom is 0.441 e. The number of thioether (sulfide) groups is 1. The van der Waals surface area contributed by atoms with Crippen molar-refractivity contribution in [3.05, 3.63) is 36.6 Å². The van der Waals surface area contributed by atoms with Crippen molar-refractivity contribution in [1.29, 1.82) is 0 Å². The Balaban J connectivity index is 2.22. The Morgan fingerprint density at radius 2 is 1.90 bits per heavy atom. The van der Waals surface area contributed by atoms with E-state index in [1.807, 2.05) is 0 Å². The van der Waals surface area contributed by atoms with Crippen LogP contribution in [0.4, 0.5) is 13.2 Å². The highest BCUT2D eigenvalue weighted by Gasteiger charge is 2.27. The van der Waals surface area contributed by atoms with Crippen LogP contribution in [-0.4, -0.2) is 42.4 Å². The van der Waals surface area contributed by atoms with Gasteiger partial charge in [0.2, 0.25) is 0 Å². The number of halogens is 3. The third-order valence-corrected chi connectivity index (χ3v) is 3.91. The minimum absolute atomic E-state index is 0.0189. The van der Waals surface area contributed by atoms with Crippen molar-refractivity contribution in [2.75, 3.05) is 25.9 Å². The zero-order valence-electron chi connectivity index (χ0n) is 12.3. The van der Waals surface area contributed by atoms with Gasteiger partial charge in [-0.25, -0.2) is 0 Å². The van der Waals surface area contributed by atoms with E-state index < -0.39 is 5.51 Å². The summed E-state index contributed by atoms with van der Waals surface area (Å²) in [6.07, 6.45) is 5.75. The summed E-state index contributed by atoms with van der Waals surface area (Å²) < 4.78 is 41.7. The van der Waals surface area contributed by atoms with Crippen LogP contribution >= 0.6 is 11.8 Å². The highest BCUT2D eigenvalue weighted by atomic mass is 32.2. The minimum atomic E-state index is -4.18. The van der Waals surface area contributed by atoms with E-state index >= 15 is 0 Å². The van der Waals surface area contributed by atoms with Gasteiger partial charge in [-0.1, -0.05) is 36.6 Å². The van der Waals surface area contributed by atoms with E-state index in [2.05, 4.69) is 25.1 Å². The van der Waals surface area contributed by atoms with Gasteiger partial charge < -0.3 is 9.64 Å². The number of hydrogen-bond donors (Lipinski definition) is 0. The fourth-order valence-corrected chi connectivity index (χ4v) is 2.54. The number of piperidine rings is 1. The molecule has 120 valence electrons. The average Bonchev–Trinajstić information content (AvgIpc) is 2.38. The zero-order chi connectivity index (χ0) is 15.9. The fourth-order valence-electron chi connectivity index (χ4n) is 1.95. The number of alkyl halides is 3. The van der Waals surface area contributed by atoms with E-state index in [0.29, 0.717) is 17.8 Å². The molecule has 21 heavy (non-hydrogen) atoms. The molecule has 0 spiro atoms. The van der Waals surface area contributed by atoms with Crippen molar-refractivity contribution in [1.82, 2.24) is 4.90 Å². The van der Waals surface area contributed by atoms with Gasteiger partial charge in [0.15, 0.2) is 0 Å². The standard InChI is InChI=1S/C15H22F3NOS/c1-12(8-11-21-15(16,17)18)4-5-13(2)20-14-6-9-19(3)10-7-14/h4-5,14H,1-2,6-11H2,3H3/b5-4-. The molecule has 0 aliphatic carbocycles. The lowest BCUT2D eigenvalue weighted by Gasteiger charge is -2.29. The molecule has 0 unspecified atom stereocenters. The number of hydrogen-bond acceptors (Lipinski definition) is 3. The Hall–Kier alpha value is -0.880. The summed E-state index contributed by atoms with van der Waals surface area (Å²) >= 11 is -0.0282. The maximum atomic E-state index is 12.0. The smallest absolute Gasteiger partial charge is 0.441 e. The molecular weight excluding hydrogens is 299 g/mol. The lowest BCUT2D eigenvalue weighted by atomic mass is 10.1. The second kappa shape index (κ2) is 8.54. The number of nitrogens with zero attached hydrogens (tertiary/aromatic N) is 1. The molecule has 0 N–H and O–H groups in total. The van der Waals surface area contributed by atoms with Gasteiger partial charge in [0.05, 0.1) is 0 Å². The van der Waals surface area contributed by atoms with Crippen LogP contribution in [0.25, 0.3) is 0 Å². The van der Waals surface area contributed by atoms with Crippen molar-refractivity contribution in [3.8, 4) is 0 Å². The summed E-state index contributed by atoms with van der Waals surface area (Å²) in [5, 5.41) is 0. The molecule has 1 saturated heterocycles. The van der Waals surface area contributed by atoms with Gasteiger partial charge >= 0.3 is 5.51 Å². The van der Waals surface area contributed by atoms with Gasteiger partial charge in [0.1, 0.15) is 11.9 Å². The van der Waals surface area contributed by atoms with Gasteiger partial charge in [0, 0.05) is 18.8 Å². The van der Waals surface area contributed by atoms with Crippen LogP contribution < -0.4 is 0 Å². The van der Waals surface area contributed by atoms with Crippen molar-refractivity contribution in [2.24, 2.45) is 0 Å². The summed E-state index contributed by atoms with van der Waals surface area (Å²) in [5.41, 5.74) is -3.54. The summed E-state index contributed by atoms with van der Waals surface area (Å²) in [7, 11) is 2.08. The van der Waals surface area contributed by atoms with Crippen molar-refractivity contribution >= 4 is 11.8 Å². The van der Waals surface area contributed by atoms with Crippen LogP contribution in [0.1, 0.15) is 19.3 Å². The molecule has 0 amide bonds. The van der Waals surface area contributed by atoms with E-state index in [1.165, 1.54) is 0 Å². The highest BCUT2D eigenvalue weighted by molar-refractivity contribution is 8.00. The normalized spacial score (nSPS) is 18.1. The Morgan fingerprint density at radius 3 is 2.48 bits per heavy atom. The Morgan fingerprint density at radius 1 is 1.29 bits per heavy atom. The SMILES string of the molecule is C=C(/C=C\C(=C)OC1CCN(C)CC1)CCSC(F)(F)F. The van der Waals surface area contributed by atoms with E-state index in [9.17, 15) is 13.2 Å². The molecule has 1 aliphatic rings. The van der Waals surface area contributed by atoms with Crippen LogP contribution in [0.2, 0.25) is 0 Å². The summed E-state index contributed by atoms with van der Waals surface area (Å²) in [5.74, 6) is 0.517. The van der Waals surface area contributed by atoms with E-state index in [0.717, 1.165) is 25.9 Å². The van der Waals surface area contributed by atoms with Crippen LogP contribution in [0.5, 0.6) is 0 Å². The molecule has 6 heteroatoms. The van der Waals surface area contributed by atoms with Gasteiger partial charge in [-0.3, -0.25) is 0 Å². The van der Waals surface area contributed by atoms with Crippen LogP contribution in [-0.2, 0) is 4.74 Å². The van der Waals surface area contributed by atoms with Crippen molar-refractivity contribution in [2.45, 2.75) is 30.9 Å². The van der Waals surface area contributed by atoms with Crippen LogP contribution in [0.3, 0.4) is 0 Å². The molecule has 1 rings (SSSR count). The first-order valence-electron chi connectivity index (χ1n) is 6.87. The monoisotopic (exact) mass is 321 g/mol. The molecule has 2 nitrogen and oxygen atoms in total. The zero-order valence-corrected chi connectivity index (χ0v) is 13.1. The Labute approximate surface area is 128 Å². The second-order valence-corrected chi connectivity index (χ2v) is 6.28. The van der Waals surface area contributed by atoms with Crippen molar-refractivity contribution in [3.63, 3.8) is 0 Å². The third kappa shape index (κ3) is 8.88. The Kier molecular flexibility index (Phi) is 7.39. The number of rotatable bonds is 7. The van der Waals surface area contributed by atoms with E-state index in [4.69, 9.17) is 4.74 Å². The molecule has 1 heterocycles. The average molecular weight is 321 g/mol. The van der Waals surface area contributed by atoms with Crippen molar-refractivity contribution < 1.29 is 17.9 Å². The summed E-state index contributed by atoms with van der Waals surface area (Å²) in [4.78, 5) is 2.25. The highest BCUT2D eigenvalue weighted by Crippen LogP contribution is 2.31. The quantitative estimate of drug-likeness (QED) is 0.510. The topological polar surface area (TPSA) is 12.5 Å². The number of allylic oxidation sites excluding steroid dienone is 3. The number of likely N-dealkylation sites (tertiary alicyclic amines) is 1. The second-order valence-electron chi connectivity index (χ2n) is 5.12. The molecule has 0 saturated carbocycles. The first kappa shape index (κ1) is 18.2. The molecule has 0 aromatic carbocycles. The van der Waals surface area contributed by atoms with E-state index in [-0.39, 0.29) is 23.6 Å². The van der Waals surface area contributed by atoms with Gasteiger partial charge in [0.25, 0.3) is 0 Å². The van der Waals surface area contributed by atoms with Crippen LogP contribution in [0.15, 0.2) is 36.6 Å². The lowest BCUT2D eigenvalue weighted by Crippen LogP contribution is -2.33. The molecule has 0 bridgehead atoms. The van der Waals surface area contributed by atoms with Gasteiger partial charge in [-0.15, -0.1) is 0 Å². The fraction of sp³-hybridized carbons (Fsp3) is 0.600. The molecule has 0 aromatic heterocycles. The van der Waals surface area contributed by atoms with Gasteiger partial charge in [-0.2, -0.15) is 13.2 Å². The Bertz CT molecular complexity index is 385. The molecule has 0 radical (unpaired) electrons. The maximum absolute atomic E-state index is 12.0. The van der Waals surface area contributed by atoms with Gasteiger partial charge in [-0.05, 0) is 32.4 Å². The predicted molar refractivity (Wildman–Crippen MR) is 82.2 cm³/mol. The van der Waals surface area contributed by atoms with E-state index in [1.54, 1.807) is 12.2 Å². The predicted octanol–water partition coefficient (Wildman–Crippen LogP) is 4.37. The minimum Gasteiger partial charge on any atom is -0.491 e. The first-order chi connectivity index (χ1) is 9.76. The molecule has 0 aromatic rings.